The molecule has 0 aliphatic heterocycles. The lowest BCUT2D eigenvalue weighted by molar-refractivity contribution is 0.778. The molecule has 0 spiro atoms. The summed E-state index contributed by atoms with van der Waals surface area (Å²) in [5, 5.41) is 0. The van der Waals surface area contributed by atoms with Crippen molar-refractivity contribution in [1.29, 1.82) is 0 Å². The lowest BCUT2D eigenvalue weighted by Crippen LogP contribution is -1.97. The fourth-order valence-corrected chi connectivity index (χ4v) is 4.01. The highest BCUT2D eigenvalue weighted by atomic mass is 14.1. The van der Waals surface area contributed by atoms with E-state index in [-0.39, 0.29) is 0 Å². The van der Waals surface area contributed by atoms with E-state index in [0.717, 1.165) is 0 Å². The topological polar surface area (TPSA) is 0 Å². The smallest absolute Gasteiger partial charge is 0.0152 e. The third kappa shape index (κ3) is 7.12. The summed E-state index contributed by atoms with van der Waals surface area (Å²) in [6.45, 7) is 9.17. The summed E-state index contributed by atoms with van der Waals surface area (Å²) < 4.78 is 0. The summed E-state index contributed by atoms with van der Waals surface area (Å²) in [5.74, 6) is 0. The Kier molecular flexibility index (Phi) is 10.4. The van der Waals surface area contributed by atoms with Crippen LogP contribution in [0.3, 0.4) is 0 Å². The summed E-state index contributed by atoms with van der Waals surface area (Å²) >= 11 is 0. The molecule has 0 heteroatoms. The van der Waals surface area contributed by atoms with Crippen molar-refractivity contribution < 1.29 is 0 Å². The van der Waals surface area contributed by atoms with E-state index in [1.54, 1.807) is 5.56 Å². The van der Waals surface area contributed by atoms with E-state index in [2.05, 4.69) is 64.1 Å². The van der Waals surface area contributed by atoms with Crippen LogP contribution in [-0.2, 0) is 25.7 Å². The Morgan fingerprint density at radius 2 is 1.00 bits per heavy atom. The van der Waals surface area contributed by atoms with Crippen LogP contribution in [0.25, 0.3) is 11.1 Å². The van der Waals surface area contributed by atoms with Crippen LogP contribution in [-0.4, -0.2) is 0 Å². The highest BCUT2D eigenvalue weighted by molar-refractivity contribution is 5.69. The van der Waals surface area contributed by atoms with Crippen molar-refractivity contribution in [2.45, 2.75) is 105 Å². The molecule has 2 rings (SSSR count). The van der Waals surface area contributed by atoms with Crippen LogP contribution in [0.2, 0.25) is 0 Å². The molecule has 2 aromatic carbocycles. The summed E-state index contributed by atoms with van der Waals surface area (Å²) in [4.78, 5) is 0. The van der Waals surface area contributed by atoms with E-state index in [1.807, 2.05) is 0 Å². The molecule has 0 saturated carbocycles. The summed E-state index contributed by atoms with van der Waals surface area (Å²) in [6.07, 6.45) is 15.1. The van der Waals surface area contributed by atoms with Crippen LogP contribution in [0.1, 0.15) is 101 Å². The Hall–Kier alpha value is -1.56. The van der Waals surface area contributed by atoms with E-state index in [9.17, 15) is 0 Å². The van der Waals surface area contributed by atoms with Gasteiger partial charge in [-0.3, -0.25) is 0 Å². The van der Waals surface area contributed by atoms with Gasteiger partial charge in [-0.25, -0.2) is 0 Å². The van der Waals surface area contributed by atoms with E-state index >= 15 is 0 Å². The molecule has 2 aromatic rings. The molecule has 0 unspecified atom stereocenters. The fourth-order valence-electron chi connectivity index (χ4n) is 4.01. The van der Waals surface area contributed by atoms with Crippen molar-refractivity contribution in [2.24, 2.45) is 0 Å². The van der Waals surface area contributed by atoms with Crippen molar-refractivity contribution in [3.63, 3.8) is 0 Å². The summed E-state index contributed by atoms with van der Waals surface area (Å²) in [6, 6.07) is 14.7. The SMILES string of the molecule is CCCCc1cc(CCCC)cc(-c2ccc(CCCC)cc2CCCC)c1. The second kappa shape index (κ2) is 12.8. The molecular formula is C28H42. The maximum absolute atomic E-state index is 2.51. The molecule has 0 saturated heterocycles. The number of hydrogen-bond donors (Lipinski definition) is 0. The lowest BCUT2D eigenvalue weighted by atomic mass is 9.90. The van der Waals surface area contributed by atoms with Gasteiger partial charge in [0, 0.05) is 0 Å². The molecule has 0 aliphatic rings. The Balaban J connectivity index is 2.41. The Morgan fingerprint density at radius 3 is 1.54 bits per heavy atom. The highest BCUT2D eigenvalue weighted by Crippen LogP contribution is 2.30. The molecule has 154 valence electrons. The third-order valence-corrected chi connectivity index (χ3v) is 5.79. The van der Waals surface area contributed by atoms with Gasteiger partial charge in [0.25, 0.3) is 0 Å². The second-order valence-corrected chi connectivity index (χ2v) is 8.44. The van der Waals surface area contributed by atoms with Gasteiger partial charge in [0.15, 0.2) is 0 Å². The predicted molar refractivity (Wildman–Crippen MR) is 126 cm³/mol. The maximum Gasteiger partial charge on any atom is -0.0152 e. The average Bonchev–Trinajstić information content (AvgIpc) is 2.73. The first-order valence-corrected chi connectivity index (χ1v) is 12.0. The van der Waals surface area contributed by atoms with Crippen molar-refractivity contribution >= 4 is 0 Å². The molecule has 0 aromatic heterocycles. The lowest BCUT2D eigenvalue weighted by Gasteiger charge is -2.15. The molecule has 0 atom stereocenters. The number of rotatable bonds is 13. The van der Waals surface area contributed by atoms with Crippen LogP contribution in [0.4, 0.5) is 0 Å². The van der Waals surface area contributed by atoms with Gasteiger partial charge in [0.2, 0.25) is 0 Å². The van der Waals surface area contributed by atoms with Gasteiger partial charge in [0.05, 0.1) is 0 Å². The zero-order valence-corrected chi connectivity index (χ0v) is 18.9. The molecule has 0 N–H and O–H groups in total. The third-order valence-electron chi connectivity index (χ3n) is 5.79. The molecular weight excluding hydrogens is 336 g/mol. The Bertz CT molecular complexity index is 669. The van der Waals surface area contributed by atoms with Gasteiger partial charge in [-0.15, -0.1) is 0 Å². The second-order valence-electron chi connectivity index (χ2n) is 8.44. The standard InChI is InChI=1S/C28H42/c1-5-9-13-23-17-18-28(26(20-23)16-12-8-4)27-21-24(14-10-6-2)19-25(22-27)15-11-7-3/h17-22H,5-16H2,1-4H3. The highest BCUT2D eigenvalue weighted by Gasteiger charge is 2.10. The average molecular weight is 379 g/mol. The van der Waals surface area contributed by atoms with Crippen molar-refractivity contribution in [3.8, 4) is 11.1 Å². The van der Waals surface area contributed by atoms with E-state index in [1.165, 1.54) is 105 Å². The van der Waals surface area contributed by atoms with Gasteiger partial charge < -0.3 is 0 Å². The van der Waals surface area contributed by atoms with E-state index in [0.29, 0.717) is 0 Å². The van der Waals surface area contributed by atoms with Crippen molar-refractivity contribution in [3.05, 3.63) is 58.7 Å². The number of unbranched alkanes of at least 4 members (excludes halogenated alkanes) is 4. The zero-order valence-electron chi connectivity index (χ0n) is 18.9. The van der Waals surface area contributed by atoms with E-state index in [4.69, 9.17) is 0 Å². The van der Waals surface area contributed by atoms with E-state index < -0.39 is 0 Å². The molecule has 0 bridgehead atoms. The Morgan fingerprint density at radius 1 is 0.500 bits per heavy atom. The number of hydrogen-bond acceptors (Lipinski definition) is 0. The molecule has 0 fully saturated rings. The van der Waals surface area contributed by atoms with Gasteiger partial charge in [0.1, 0.15) is 0 Å². The first kappa shape index (κ1) is 22.7. The fraction of sp³-hybridized carbons (Fsp3) is 0.571. The molecule has 0 heterocycles. The Labute approximate surface area is 174 Å². The first-order valence-electron chi connectivity index (χ1n) is 12.0. The van der Waals surface area contributed by atoms with Crippen LogP contribution < -0.4 is 0 Å². The van der Waals surface area contributed by atoms with Crippen molar-refractivity contribution in [1.82, 2.24) is 0 Å². The molecule has 0 nitrogen and oxygen atoms in total. The van der Waals surface area contributed by atoms with Crippen LogP contribution in [0, 0.1) is 0 Å². The largest absolute Gasteiger partial charge is 0.0654 e. The van der Waals surface area contributed by atoms with Gasteiger partial charge in [-0.1, -0.05) is 89.8 Å². The summed E-state index contributed by atoms with van der Waals surface area (Å²) in [7, 11) is 0. The van der Waals surface area contributed by atoms with Gasteiger partial charge >= 0.3 is 0 Å². The van der Waals surface area contributed by atoms with Crippen LogP contribution in [0.15, 0.2) is 36.4 Å². The van der Waals surface area contributed by atoms with Crippen LogP contribution >= 0.6 is 0 Å². The molecule has 28 heavy (non-hydrogen) atoms. The van der Waals surface area contributed by atoms with Crippen LogP contribution in [0.5, 0.6) is 0 Å². The van der Waals surface area contributed by atoms with Gasteiger partial charge in [-0.05, 0) is 84.7 Å². The molecule has 0 amide bonds. The molecule has 0 radical (unpaired) electrons. The monoisotopic (exact) mass is 378 g/mol. The quantitative estimate of drug-likeness (QED) is 0.327. The number of aryl methyl sites for hydroxylation is 4. The number of benzene rings is 2. The minimum absolute atomic E-state index is 1.20. The normalized spacial score (nSPS) is 11.1. The zero-order chi connectivity index (χ0) is 20.2. The minimum Gasteiger partial charge on any atom is -0.0654 e. The molecule has 0 aliphatic carbocycles. The van der Waals surface area contributed by atoms with Crippen molar-refractivity contribution in [2.75, 3.05) is 0 Å². The first-order chi connectivity index (χ1) is 13.7. The predicted octanol–water partition coefficient (Wildman–Crippen LogP) is 8.72. The summed E-state index contributed by atoms with van der Waals surface area (Å²) in [5.41, 5.74) is 9.07. The maximum atomic E-state index is 2.51. The minimum atomic E-state index is 1.20. The van der Waals surface area contributed by atoms with Gasteiger partial charge in [-0.2, -0.15) is 0 Å².